The first-order valence-corrected chi connectivity index (χ1v) is 7.69. The second-order valence-electron chi connectivity index (χ2n) is 6.28. The number of hydrogen-bond acceptors (Lipinski definition) is 3. The van der Waals surface area contributed by atoms with Gasteiger partial charge in [-0.15, -0.1) is 0 Å². The van der Waals surface area contributed by atoms with E-state index in [4.69, 9.17) is 10.8 Å². The Balaban J connectivity index is 2.27. The molecule has 1 fully saturated rings. The van der Waals surface area contributed by atoms with Gasteiger partial charge in [-0.25, -0.2) is 0 Å². The second-order valence-corrected chi connectivity index (χ2v) is 6.28. The van der Waals surface area contributed by atoms with E-state index >= 15 is 0 Å². The second kappa shape index (κ2) is 8.13. The van der Waals surface area contributed by atoms with Crippen LogP contribution in [-0.2, 0) is 0 Å². The van der Waals surface area contributed by atoms with Crippen molar-refractivity contribution in [3.8, 4) is 0 Å². The van der Waals surface area contributed by atoms with Crippen LogP contribution in [0.25, 0.3) is 0 Å². The monoisotopic (exact) mass is 256 g/mol. The van der Waals surface area contributed by atoms with Crippen LogP contribution in [0.2, 0.25) is 0 Å². The third-order valence-electron chi connectivity index (χ3n) is 4.66. The molecule has 0 heterocycles. The molecule has 3 nitrogen and oxygen atoms in total. The molecule has 0 saturated heterocycles. The quantitative estimate of drug-likeness (QED) is 0.584. The van der Waals surface area contributed by atoms with E-state index in [2.05, 4.69) is 19.2 Å². The molecule has 1 aliphatic rings. The van der Waals surface area contributed by atoms with Gasteiger partial charge in [0.05, 0.1) is 0 Å². The molecule has 1 aliphatic carbocycles. The maximum absolute atomic E-state index is 8.75. The summed E-state index contributed by atoms with van der Waals surface area (Å²) in [7, 11) is 0. The summed E-state index contributed by atoms with van der Waals surface area (Å²) in [5.41, 5.74) is 6.20. The van der Waals surface area contributed by atoms with Crippen LogP contribution >= 0.6 is 0 Å². The van der Waals surface area contributed by atoms with Crippen LogP contribution in [0.1, 0.15) is 58.8 Å². The number of nitrogens with two attached hydrogens (primary N) is 1. The third-order valence-corrected chi connectivity index (χ3v) is 4.66. The molecule has 0 aromatic carbocycles. The lowest BCUT2D eigenvalue weighted by molar-refractivity contribution is 0.165. The predicted molar refractivity (Wildman–Crippen MR) is 77.5 cm³/mol. The summed E-state index contributed by atoms with van der Waals surface area (Å²) in [6, 6.07) is 0. The lowest BCUT2D eigenvalue weighted by Crippen LogP contribution is -2.53. The highest BCUT2D eigenvalue weighted by Gasteiger charge is 2.34. The molecular weight excluding hydrogens is 224 g/mol. The topological polar surface area (TPSA) is 58.3 Å². The molecule has 0 aromatic heterocycles. The molecule has 0 aliphatic heterocycles. The molecule has 0 bridgehead atoms. The zero-order chi connectivity index (χ0) is 13.4. The van der Waals surface area contributed by atoms with Gasteiger partial charge in [0, 0.05) is 18.7 Å². The Hall–Kier alpha value is -0.120. The molecule has 0 amide bonds. The first-order valence-electron chi connectivity index (χ1n) is 7.69. The van der Waals surface area contributed by atoms with E-state index in [9.17, 15) is 0 Å². The van der Waals surface area contributed by atoms with E-state index in [1.165, 1.54) is 25.7 Å². The average Bonchev–Trinajstić information content (AvgIpc) is 2.39. The zero-order valence-electron chi connectivity index (χ0n) is 12.3. The Labute approximate surface area is 113 Å². The molecule has 18 heavy (non-hydrogen) atoms. The molecule has 3 heteroatoms. The summed E-state index contributed by atoms with van der Waals surface area (Å²) in [4.78, 5) is 0. The van der Waals surface area contributed by atoms with Crippen molar-refractivity contribution in [2.75, 3.05) is 19.7 Å². The van der Waals surface area contributed by atoms with Crippen molar-refractivity contribution < 1.29 is 5.11 Å². The molecule has 0 radical (unpaired) electrons. The fourth-order valence-corrected chi connectivity index (χ4v) is 3.08. The molecule has 0 unspecified atom stereocenters. The summed E-state index contributed by atoms with van der Waals surface area (Å²) in [6.45, 7) is 6.80. The first-order chi connectivity index (χ1) is 8.63. The van der Waals surface area contributed by atoms with Gasteiger partial charge in [-0.05, 0) is 63.3 Å². The van der Waals surface area contributed by atoms with E-state index in [0.29, 0.717) is 6.61 Å². The molecule has 1 rings (SSSR count). The third kappa shape index (κ3) is 4.87. The number of nitrogens with one attached hydrogen (secondary N) is 1. The van der Waals surface area contributed by atoms with Gasteiger partial charge < -0.3 is 16.2 Å². The minimum Gasteiger partial charge on any atom is -0.396 e. The summed E-state index contributed by atoms with van der Waals surface area (Å²) in [5.74, 6) is 1.70. The Kier molecular flexibility index (Phi) is 7.20. The number of rotatable bonds is 8. The molecular formula is C15H32N2O. The van der Waals surface area contributed by atoms with E-state index in [-0.39, 0.29) is 5.54 Å². The highest BCUT2D eigenvalue weighted by molar-refractivity contribution is 4.94. The summed E-state index contributed by atoms with van der Waals surface area (Å²) < 4.78 is 0. The fraction of sp³-hybridized carbons (Fsp3) is 1.00. The number of unbranched alkanes of at least 4 members (excludes halogenated alkanes) is 2. The van der Waals surface area contributed by atoms with Crippen LogP contribution in [0, 0.1) is 11.8 Å². The molecule has 108 valence electrons. The van der Waals surface area contributed by atoms with Crippen molar-refractivity contribution in [3.05, 3.63) is 0 Å². The molecule has 4 N–H and O–H groups in total. The fourth-order valence-electron chi connectivity index (χ4n) is 3.08. The predicted octanol–water partition coefficient (Wildman–Crippen LogP) is 2.28. The van der Waals surface area contributed by atoms with Crippen molar-refractivity contribution in [1.29, 1.82) is 0 Å². The number of aliphatic hydroxyl groups is 1. The van der Waals surface area contributed by atoms with E-state index in [1.54, 1.807) is 0 Å². The largest absolute Gasteiger partial charge is 0.396 e. The van der Waals surface area contributed by atoms with Crippen LogP contribution < -0.4 is 11.1 Å². The van der Waals surface area contributed by atoms with Crippen molar-refractivity contribution >= 4 is 0 Å². The molecule has 0 spiro atoms. The van der Waals surface area contributed by atoms with Gasteiger partial charge >= 0.3 is 0 Å². The van der Waals surface area contributed by atoms with Crippen LogP contribution in [-0.4, -0.2) is 30.3 Å². The van der Waals surface area contributed by atoms with Crippen LogP contribution in [0.15, 0.2) is 0 Å². The SMILES string of the molecule is CC(C)C1CCC(CN)(NCCCCCO)CC1. The highest BCUT2D eigenvalue weighted by atomic mass is 16.2. The van der Waals surface area contributed by atoms with E-state index in [1.807, 2.05) is 0 Å². The summed E-state index contributed by atoms with van der Waals surface area (Å²) in [5, 5.41) is 12.4. The first kappa shape index (κ1) is 15.9. The van der Waals surface area contributed by atoms with Gasteiger partial charge in [0.25, 0.3) is 0 Å². The zero-order valence-corrected chi connectivity index (χ0v) is 12.3. The lowest BCUT2D eigenvalue weighted by atomic mass is 9.73. The molecule has 0 atom stereocenters. The Bertz CT molecular complexity index is 211. The Morgan fingerprint density at radius 3 is 2.39 bits per heavy atom. The van der Waals surface area contributed by atoms with Gasteiger partial charge in [0.15, 0.2) is 0 Å². The maximum Gasteiger partial charge on any atom is 0.0431 e. The maximum atomic E-state index is 8.75. The smallest absolute Gasteiger partial charge is 0.0431 e. The minimum atomic E-state index is 0.199. The van der Waals surface area contributed by atoms with Crippen LogP contribution in [0.4, 0.5) is 0 Å². The number of aliphatic hydroxyl groups excluding tert-OH is 1. The average molecular weight is 256 g/mol. The van der Waals surface area contributed by atoms with Gasteiger partial charge in [-0.2, -0.15) is 0 Å². The van der Waals surface area contributed by atoms with Crippen LogP contribution in [0.5, 0.6) is 0 Å². The standard InChI is InChI=1S/C15H32N2O/c1-13(2)14-6-8-15(12-16,9-7-14)17-10-4-3-5-11-18/h13-14,17-18H,3-12,16H2,1-2H3. The van der Waals surface area contributed by atoms with Crippen molar-refractivity contribution in [3.63, 3.8) is 0 Å². The van der Waals surface area contributed by atoms with E-state index in [0.717, 1.165) is 44.2 Å². The van der Waals surface area contributed by atoms with E-state index < -0.39 is 0 Å². The van der Waals surface area contributed by atoms with Gasteiger partial charge in [0.1, 0.15) is 0 Å². The molecule has 1 saturated carbocycles. The van der Waals surface area contributed by atoms with Crippen molar-refractivity contribution in [2.24, 2.45) is 17.6 Å². The molecule has 0 aromatic rings. The van der Waals surface area contributed by atoms with Crippen molar-refractivity contribution in [2.45, 2.75) is 64.3 Å². The summed E-state index contributed by atoms with van der Waals surface area (Å²) in [6.07, 6.45) is 8.27. The number of hydrogen-bond donors (Lipinski definition) is 3. The minimum absolute atomic E-state index is 0.199. The Morgan fingerprint density at radius 2 is 1.89 bits per heavy atom. The van der Waals surface area contributed by atoms with Crippen LogP contribution in [0.3, 0.4) is 0 Å². The highest BCUT2D eigenvalue weighted by Crippen LogP contribution is 2.35. The van der Waals surface area contributed by atoms with Gasteiger partial charge in [-0.1, -0.05) is 13.8 Å². The van der Waals surface area contributed by atoms with Gasteiger partial charge in [0.2, 0.25) is 0 Å². The Morgan fingerprint density at radius 1 is 1.22 bits per heavy atom. The summed E-state index contributed by atoms with van der Waals surface area (Å²) >= 11 is 0. The van der Waals surface area contributed by atoms with Gasteiger partial charge in [-0.3, -0.25) is 0 Å². The van der Waals surface area contributed by atoms with Crippen molar-refractivity contribution in [1.82, 2.24) is 5.32 Å². The lowest BCUT2D eigenvalue weighted by Gasteiger charge is -2.41. The normalized spacial score (nSPS) is 28.8.